The van der Waals surface area contributed by atoms with Gasteiger partial charge in [-0.05, 0) is 98.7 Å². The van der Waals surface area contributed by atoms with Gasteiger partial charge in [0.2, 0.25) is 0 Å². The zero-order valence-electron chi connectivity index (χ0n) is 29.1. The molecular weight excluding hydrogens is 651 g/mol. The van der Waals surface area contributed by atoms with Crippen LogP contribution < -0.4 is 0 Å². The first-order valence-corrected chi connectivity index (χ1v) is 19.7. The summed E-state index contributed by atoms with van der Waals surface area (Å²) in [5.74, 6) is 0. The van der Waals surface area contributed by atoms with Gasteiger partial charge >= 0.3 is 0 Å². The lowest BCUT2D eigenvalue weighted by Crippen LogP contribution is -2.41. The van der Waals surface area contributed by atoms with Crippen molar-refractivity contribution < 1.29 is 0 Å². The van der Waals surface area contributed by atoms with Crippen LogP contribution in [0.15, 0.2) is 151 Å². The van der Waals surface area contributed by atoms with Gasteiger partial charge in [-0.3, -0.25) is 0 Å². The third kappa shape index (κ3) is 4.57. The standard InChI is InChI=1S/C48H39N3S/c1-3-13-32(14-4-1)49(33-15-5-2-6-16-33)34-23-25-35(26-24-34)50-42-20-10-7-17-37(42)41-31-36(27-29-44(41)50)51-43-21-11-8-19-40(43)47-45(51)30-28-39-38-18-9-12-22-46(38)52-48(39)47/h1-5,7,9-13,15,17-18,20-23,25-32,34H,6,8,14,16,19,24H2. The average molecular weight is 690 g/mol. The molecule has 4 aromatic carbocycles. The number of hydrogen-bond donors (Lipinski definition) is 0. The zero-order chi connectivity index (χ0) is 34.2. The smallest absolute Gasteiger partial charge is 0.0552 e. The molecule has 4 aliphatic carbocycles. The second kappa shape index (κ2) is 12.0. The summed E-state index contributed by atoms with van der Waals surface area (Å²) < 4.78 is 7.80. The summed E-state index contributed by atoms with van der Waals surface area (Å²) in [5, 5.41) is 6.76. The van der Waals surface area contributed by atoms with E-state index < -0.39 is 0 Å². The Hall–Kier alpha value is -5.58. The van der Waals surface area contributed by atoms with Gasteiger partial charge < -0.3 is 14.0 Å². The van der Waals surface area contributed by atoms with Crippen molar-refractivity contribution in [2.24, 2.45) is 0 Å². The normalized spacial score (nSPS) is 19.7. The van der Waals surface area contributed by atoms with Gasteiger partial charge in [0.1, 0.15) is 0 Å². The highest BCUT2D eigenvalue weighted by Gasteiger charge is 2.28. The van der Waals surface area contributed by atoms with Crippen LogP contribution in [0.1, 0.15) is 43.4 Å². The maximum absolute atomic E-state index is 2.68. The lowest BCUT2D eigenvalue weighted by atomic mass is 9.96. The Morgan fingerprint density at radius 2 is 1.48 bits per heavy atom. The van der Waals surface area contributed by atoms with Gasteiger partial charge in [0.15, 0.2) is 0 Å². The third-order valence-electron chi connectivity index (χ3n) is 11.7. The van der Waals surface area contributed by atoms with Crippen LogP contribution in [0, 0.1) is 0 Å². The molecule has 0 saturated carbocycles. The van der Waals surface area contributed by atoms with Crippen LogP contribution in [-0.4, -0.2) is 26.1 Å². The highest BCUT2D eigenvalue weighted by Crippen LogP contribution is 2.45. The molecule has 0 radical (unpaired) electrons. The van der Waals surface area contributed by atoms with Crippen LogP contribution >= 0.6 is 11.3 Å². The predicted octanol–water partition coefficient (Wildman–Crippen LogP) is 12.7. The molecule has 0 spiro atoms. The number of nitrogens with zero attached hydrogens (tertiary/aromatic N) is 3. The summed E-state index contributed by atoms with van der Waals surface area (Å²) in [7, 11) is 0. The quantitative estimate of drug-likeness (QED) is 0.175. The molecule has 4 aliphatic rings. The Kier molecular flexibility index (Phi) is 6.94. The molecule has 0 bridgehead atoms. The lowest BCUT2D eigenvalue weighted by molar-refractivity contribution is 0.236. The van der Waals surface area contributed by atoms with Crippen LogP contribution in [0.3, 0.4) is 0 Å². The maximum atomic E-state index is 2.68. The summed E-state index contributed by atoms with van der Waals surface area (Å²) in [4.78, 5) is 2.68. The molecule has 0 fully saturated rings. The Balaban J connectivity index is 1.03. The molecule has 0 aliphatic heterocycles. The predicted molar refractivity (Wildman–Crippen MR) is 223 cm³/mol. The van der Waals surface area contributed by atoms with Crippen LogP contribution in [-0.2, 0) is 6.42 Å². The fraction of sp³-hybridized carbons (Fsp3) is 0.167. The molecule has 4 heteroatoms. The Morgan fingerprint density at radius 1 is 0.635 bits per heavy atom. The Labute approximate surface area is 307 Å². The van der Waals surface area contributed by atoms with Crippen molar-refractivity contribution in [1.29, 1.82) is 0 Å². The van der Waals surface area contributed by atoms with Crippen molar-refractivity contribution in [1.82, 2.24) is 14.0 Å². The van der Waals surface area contributed by atoms with Gasteiger partial charge in [0.25, 0.3) is 0 Å². The minimum atomic E-state index is 0.330. The van der Waals surface area contributed by atoms with Gasteiger partial charge in [-0.2, -0.15) is 0 Å². The number of hydrogen-bond acceptors (Lipinski definition) is 2. The van der Waals surface area contributed by atoms with E-state index in [-0.39, 0.29) is 0 Å². The molecule has 3 aromatic heterocycles. The maximum Gasteiger partial charge on any atom is 0.0552 e. The summed E-state index contributed by atoms with van der Waals surface area (Å²) >= 11 is 1.95. The number of para-hydroxylation sites is 1. The fourth-order valence-electron chi connectivity index (χ4n) is 9.38. The van der Waals surface area contributed by atoms with Gasteiger partial charge in [0, 0.05) is 59.1 Å². The molecule has 3 heterocycles. The summed E-state index contributed by atoms with van der Waals surface area (Å²) in [6, 6.07) is 30.4. The van der Waals surface area contributed by atoms with E-state index in [1.807, 2.05) is 11.3 Å². The second-order valence-electron chi connectivity index (χ2n) is 14.6. The molecule has 0 N–H and O–H groups in total. The van der Waals surface area contributed by atoms with Crippen molar-refractivity contribution in [2.75, 3.05) is 0 Å². The van der Waals surface area contributed by atoms with E-state index in [0.717, 1.165) is 38.5 Å². The van der Waals surface area contributed by atoms with Gasteiger partial charge in [-0.1, -0.05) is 97.1 Å². The number of allylic oxidation sites excluding steroid dienone is 9. The summed E-state index contributed by atoms with van der Waals surface area (Å²) in [5.41, 5.74) is 10.6. The molecule has 0 amide bonds. The minimum Gasteiger partial charge on any atom is -0.361 e. The van der Waals surface area contributed by atoms with E-state index in [9.17, 15) is 0 Å². The van der Waals surface area contributed by atoms with Crippen molar-refractivity contribution in [3.63, 3.8) is 0 Å². The third-order valence-corrected chi connectivity index (χ3v) is 12.9. The van der Waals surface area contributed by atoms with E-state index in [2.05, 4.69) is 166 Å². The second-order valence-corrected chi connectivity index (χ2v) is 15.6. The number of rotatable bonds is 5. The SMILES string of the molecule is C1=CCCC(N(C2C=CC=CC2)C2C=CC(n3c4ccccc4c4cc(-n5c6c(c7c8sc9ccccc9c8ccc75)CCC=C6)ccc43)=CC2)=C1. The number of benzene rings is 4. The molecular formula is C48H39N3S. The fourth-order valence-corrected chi connectivity index (χ4v) is 10.6. The number of aryl methyl sites for hydroxylation is 1. The molecule has 3 nitrogen and oxygen atoms in total. The molecule has 2 unspecified atom stereocenters. The van der Waals surface area contributed by atoms with E-state index in [1.165, 1.54) is 81.2 Å². The first kappa shape index (κ1) is 30.1. The minimum absolute atomic E-state index is 0.330. The van der Waals surface area contributed by atoms with Crippen LogP contribution in [0.25, 0.3) is 70.3 Å². The first-order valence-electron chi connectivity index (χ1n) is 18.9. The van der Waals surface area contributed by atoms with Crippen molar-refractivity contribution in [2.45, 2.75) is 50.6 Å². The molecule has 2 atom stereocenters. The summed E-state index contributed by atoms with van der Waals surface area (Å²) in [6.07, 6.45) is 34.4. The van der Waals surface area contributed by atoms with Crippen LogP contribution in [0.2, 0.25) is 0 Å². The Bertz CT molecular complexity index is 2820. The largest absolute Gasteiger partial charge is 0.361 e. The van der Waals surface area contributed by atoms with E-state index in [4.69, 9.17) is 0 Å². The highest BCUT2D eigenvalue weighted by molar-refractivity contribution is 7.26. The molecule has 252 valence electrons. The lowest BCUT2D eigenvalue weighted by Gasteiger charge is -2.41. The number of thiophene rings is 1. The molecule has 11 rings (SSSR count). The van der Waals surface area contributed by atoms with Gasteiger partial charge in [-0.15, -0.1) is 11.3 Å². The van der Waals surface area contributed by atoms with Gasteiger partial charge in [-0.25, -0.2) is 0 Å². The average Bonchev–Trinajstić information content (AvgIpc) is 3.87. The van der Waals surface area contributed by atoms with E-state index in [1.54, 1.807) is 0 Å². The molecule has 52 heavy (non-hydrogen) atoms. The number of aromatic nitrogens is 2. The van der Waals surface area contributed by atoms with Crippen molar-refractivity contribution in [3.8, 4) is 5.69 Å². The molecule has 0 saturated heterocycles. The summed E-state index contributed by atoms with van der Waals surface area (Å²) in [6.45, 7) is 0. The van der Waals surface area contributed by atoms with Crippen LogP contribution in [0.4, 0.5) is 0 Å². The number of fused-ring (bicyclic) bond motifs is 10. The molecule has 7 aromatic rings. The van der Waals surface area contributed by atoms with Crippen LogP contribution in [0.5, 0.6) is 0 Å². The van der Waals surface area contributed by atoms with Crippen molar-refractivity contribution in [3.05, 3.63) is 163 Å². The van der Waals surface area contributed by atoms with E-state index in [0.29, 0.717) is 12.1 Å². The topological polar surface area (TPSA) is 13.1 Å². The van der Waals surface area contributed by atoms with E-state index >= 15 is 0 Å². The first-order chi connectivity index (χ1) is 25.8. The monoisotopic (exact) mass is 689 g/mol. The highest BCUT2D eigenvalue weighted by atomic mass is 32.1. The van der Waals surface area contributed by atoms with Gasteiger partial charge in [0.05, 0.1) is 28.6 Å². The zero-order valence-corrected chi connectivity index (χ0v) is 29.9. The van der Waals surface area contributed by atoms with Crippen molar-refractivity contribution >= 4 is 76.0 Å². The Morgan fingerprint density at radius 3 is 2.35 bits per heavy atom.